The van der Waals surface area contributed by atoms with Gasteiger partial charge in [-0.1, -0.05) is 53.1 Å². The zero-order valence-corrected chi connectivity index (χ0v) is 32.8. The molecule has 2 saturated heterocycles. The van der Waals surface area contributed by atoms with Gasteiger partial charge in [-0.2, -0.15) is 18.2 Å². The highest BCUT2D eigenvalue weighted by molar-refractivity contribution is 9.10. The predicted octanol–water partition coefficient (Wildman–Crippen LogP) is 7.98. The summed E-state index contributed by atoms with van der Waals surface area (Å²) in [7, 11) is 1.32. The third-order valence-electron chi connectivity index (χ3n) is 11.5. The predicted molar refractivity (Wildman–Crippen MR) is 205 cm³/mol. The second kappa shape index (κ2) is 14.1. The number of nitrogens with zero attached hydrogens (tertiary/aromatic N) is 4. The number of hydrogen-bond donors (Lipinski definition) is 2. The zero-order chi connectivity index (χ0) is 41.6. The first-order valence-electron chi connectivity index (χ1n) is 17.5. The minimum absolute atomic E-state index is 0.0000444. The first kappa shape index (κ1) is 39.3. The van der Waals surface area contributed by atoms with Crippen molar-refractivity contribution in [1.82, 2.24) is 9.99 Å². The molecule has 6 atom stereocenters. The standard InChI is InChI=1S/C39H27BrCl2F3N5O8/c1-58-29-12-17(11-27(40)32(29)51)31-23-9-10-24-30(36(54)48(34(24)52)21-3-2-4-22(14-21)50(56)57)25(23)15-26-35(53)49(37(55)38(26,31)18-5-7-20(41)8-6-18)47-33-28(42)13-19(16-46-33)39(43,44)45/h2-9,11-14,16,24-26,30-31,51H,10,15H2,1H3,(H,46,47). The van der Waals surface area contributed by atoms with Crippen LogP contribution in [0.15, 0.2) is 89.0 Å². The fourth-order valence-electron chi connectivity index (χ4n) is 9.07. The number of rotatable bonds is 7. The number of aromatic nitrogens is 1. The topological polar surface area (TPSA) is 172 Å². The first-order valence-corrected chi connectivity index (χ1v) is 19.1. The molecule has 13 nitrogen and oxygen atoms in total. The summed E-state index contributed by atoms with van der Waals surface area (Å²) in [6, 6.07) is 15.0. The van der Waals surface area contributed by atoms with Crippen LogP contribution in [0.2, 0.25) is 10.0 Å². The number of anilines is 2. The second-order valence-corrected chi connectivity index (χ2v) is 16.0. The number of imide groups is 2. The molecule has 0 spiro atoms. The van der Waals surface area contributed by atoms with Gasteiger partial charge < -0.3 is 9.84 Å². The summed E-state index contributed by atoms with van der Waals surface area (Å²) in [5, 5.41) is 22.9. The molecule has 1 aromatic heterocycles. The molecule has 1 saturated carbocycles. The number of non-ortho nitro benzene ring substituents is 1. The number of halogens is 6. The number of nitro benzene ring substituents is 1. The van der Waals surface area contributed by atoms with E-state index in [9.17, 15) is 42.8 Å². The SMILES string of the molecule is COc1cc(C2C3=CCC4C(=O)N(c5cccc([N+](=O)[O-])c5)C(=O)C4C3CC3C(=O)N(Nc4ncc(C(F)(F)F)cc4Cl)C(=O)C32c2ccc(Cl)cc2)cc(Br)c1O. The largest absolute Gasteiger partial charge is 0.503 e. The van der Waals surface area contributed by atoms with Gasteiger partial charge in [0.05, 0.1) is 55.9 Å². The lowest BCUT2D eigenvalue weighted by molar-refractivity contribution is -0.384. The van der Waals surface area contributed by atoms with Gasteiger partial charge in [-0.05, 0) is 82.2 Å². The fraction of sp³-hybridized carbons (Fsp3) is 0.256. The van der Waals surface area contributed by atoms with Crippen LogP contribution in [-0.2, 0) is 30.8 Å². The molecule has 2 aliphatic carbocycles. The number of carbonyl (C=O) groups excluding carboxylic acids is 4. The van der Waals surface area contributed by atoms with Gasteiger partial charge in [-0.25, -0.2) is 9.88 Å². The van der Waals surface area contributed by atoms with Crippen molar-refractivity contribution >= 4 is 80.0 Å². The number of fused-ring (bicyclic) bond motifs is 4. The van der Waals surface area contributed by atoms with Gasteiger partial charge in [-0.3, -0.25) is 34.7 Å². The highest BCUT2D eigenvalue weighted by Crippen LogP contribution is 2.65. The molecule has 298 valence electrons. The number of ether oxygens (including phenoxy) is 1. The monoisotopic (exact) mass is 899 g/mol. The van der Waals surface area contributed by atoms with Crippen LogP contribution in [-0.4, -0.2) is 50.8 Å². The molecule has 19 heteroatoms. The highest BCUT2D eigenvalue weighted by Gasteiger charge is 2.70. The van der Waals surface area contributed by atoms with Crippen molar-refractivity contribution in [3.05, 3.63) is 126 Å². The first-order chi connectivity index (χ1) is 27.5. The Balaban J connectivity index is 1.33. The summed E-state index contributed by atoms with van der Waals surface area (Å²) < 4.78 is 46.2. The van der Waals surface area contributed by atoms with Crippen molar-refractivity contribution in [3.8, 4) is 11.5 Å². The number of hydrogen-bond acceptors (Lipinski definition) is 10. The Morgan fingerprint density at radius 2 is 1.74 bits per heavy atom. The number of phenols is 1. The summed E-state index contributed by atoms with van der Waals surface area (Å²) in [6.45, 7) is 0. The van der Waals surface area contributed by atoms with Crippen LogP contribution in [0.4, 0.5) is 30.4 Å². The number of carbonyl (C=O) groups is 4. The van der Waals surface area contributed by atoms with E-state index >= 15 is 4.79 Å². The number of nitrogens with one attached hydrogen (secondary N) is 1. The molecule has 4 aromatic rings. The maximum Gasteiger partial charge on any atom is 0.417 e. The number of phenolic OH excluding ortho intramolecular Hbond substituents is 1. The molecule has 2 aliphatic heterocycles. The van der Waals surface area contributed by atoms with E-state index in [1.165, 1.54) is 43.5 Å². The minimum atomic E-state index is -4.79. The molecule has 3 fully saturated rings. The van der Waals surface area contributed by atoms with E-state index in [1.54, 1.807) is 24.3 Å². The molecule has 6 unspecified atom stereocenters. The lowest BCUT2D eigenvalue weighted by Gasteiger charge is -2.50. The van der Waals surface area contributed by atoms with E-state index in [-0.39, 0.29) is 40.2 Å². The van der Waals surface area contributed by atoms with Crippen molar-refractivity contribution in [2.45, 2.75) is 30.4 Å². The number of nitro groups is 1. The Morgan fingerprint density at radius 1 is 1.02 bits per heavy atom. The minimum Gasteiger partial charge on any atom is -0.503 e. The van der Waals surface area contributed by atoms with Crippen LogP contribution < -0.4 is 15.1 Å². The Labute approximate surface area is 344 Å². The highest BCUT2D eigenvalue weighted by atomic mass is 79.9. The summed E-state index contributed by atoms with van der Waals surface area (Å²) in [6.07, 6.45) is -2.67. The van der Waals surface area contributed by atoms with Crippen LogP contribution in [0.5, 0.6) is 11.5 Å². The fourth-order valence-corrected chi connectivity index (χ4v) is 9.87. The van der Waals surface area contributed by atoms with Crippen molar-refractivity contribution < 1.29 is 47.1 Å². The Hall–Kier alpha value is -5.52. The molecule has 3 heterocycles. The zero-order valence-electron chi connectivity index (χ0n) is 29.7. The average Bonchev–Trinajstić information content (AvgIpc) is 3.57. The summed E-state index contributed by atoms with van der Waals surface area (Å²) >= 11 is 16.0. The van der Waals surface area contributed by atoms with Gasteiger partial charge in [0.15, 0.2) is 17.3 Å². The summed E-state index contributed by atoms with van der Waals surface area (Å²) in [4.78, 5) is 74.6. The van der Waals surface area contributed by atoms with E-state index < -0.39 is 86.1 Å². The maximum atomic E-state index is 15.4. The molecule has 4 aliphatic rings. The van der Waals surface area contributed by atoms with Gasteiger partial charge in [0.25, 0.3) is 17.5 Å². The van der Waals surface area contributed by atoms with Crippen molar-refractivity contribution in [2.75, 3.05) is 17.4 Å². The van der Waals surface area contributed by atoms with Crippen molar-refractivity contribution in [2.24, 2.45) is 23.7 Å². The number of alkyl halides is 3. The molecule has 8 rings (SSSR count). The molecule has 2 N–H and O–H groups in total. The third-order valence-corrected chi connectivity index (χ3v) is 12.6. The number of amides is 4. The number of allylic oxidation sites excluding steroid dienone is 2. The van der Waals surface area contributed by atoms with Gasteiger partial charge in [0.1, 0.15) is 0 Å². The van der Waals surface area contributed by atoms with Gasteiger partial charge in [0, 0.05) is 29.3 Å². The van der Waals surface area contributed by atoms with E-state index in [4.69, 9.17) is 27.9 Å². The van der Waals surface area contributed by atoms with Crippen LogP contribution in [0.25, 0.3) is 0 Å². The lowest BCUT2D eigenvalue weighted by Crippen LogP contribution is -2.53. The van der Waals surface area contributed by atoms with Gasteiger partial charge in [0.2, 0.25) is 11.8 Å². The lowest BCUT2D eigenvalue weighted by atomic mass is 9.49. The number of benzene rings is 3. The van der Waals surface area contributed by atoms with Crippen LogP contribution in [0, 0.1) is 33.8 Å². The van der Waals surface area contributed by atoms with E-state index in [0.29, 0.717) is 39.0 Å². The maximum absolute atomic E-state index is 15.4. The molecule has 4 amide bonds. The molecule has 3 aromatic carbocycles. The van der Waals surface area contributed by atoms with Crippen LogP contribution in [0.3, 0.4) is 0 Å². The molecular formula is C39H27BrCl2F3N5O8. The van der Waals surface area contributed by atoms with E-state index in [2.05, 4.69) is 26.3 Å². The van der Waals surface area contributed by atoms with Crippen molar-refractivity contribution in [3.63, 3.8) is 0 Å². The number of hydrazine groups is 1. The van der Waals surface area contributed by atoms with Gasteiger partial charge >= 0.3 is 6.18 Å². The summed E-state index contributed by atoms with van der Waals surface area (Å²) in [5.74, 6) is -8.89. The Morgan fingerprint density at radius 3 is 2.40 bits per heavy atom. The average molecular weight is 901 g/mol. The normalized spacial score (nSPS) is 25.3. The second-order valence-electron chi connectivity index (χ2n) is 14.3. The molecular weight excluding hydrogens is 874 g/mol. The smallest absolute Gasteiger partial charge is 0.417 e. The van der Waals surface area contributed by atoms with Crippen LogP contribution >= 0.6 is 39.1 Å². The number of pyridine rings is 1. The quantitative estimate of drug-likeness (QED) is 0.0802. The molecule has 0 radical (unpaired) electrons. The Bertz CT molecular complexity index is 2510. The molecule has 0 bridgehead atoms. The Kier molecular flexibility index (Phi) is 9.55. The van der Waals surface area contributed by atoms with E-state index in [0.717, 1.165) is 11.0 Å². The number of methoxy groups -OCH3 is 1. The van der Waals surface area contributed by atoms with Crippen LogP contribution in [0.1, 0.15) is 35.4 Å². The summed E-state index contributed by atoms with van der Waals surface area (Å²) in [5.41, 5.74) is 0.405. The third kappa shape index (κ3) is 5.92. The number of aromatic hydroxyl groups is 1. The van der Waals surface area contributed by atoms with Gasteiger partial charge in [-0.15, -0.1) is 0 Å². The van der Waals surface area contributed by atoms with E-state index in [1.807, 2.05) is 0 Å². The molecule has 58 heavy (non-hydrogen) atoms. The van der Waals surface area contributed by atoms with Crippen molar-refractivity contribution in [1.29, 1.82) is 0 Å².